The molecular formula is C19H23NO4. The predicted octanol–water partition coefficient (Wildman–Crippen LogP) is 3.26. The standard InChI is InChI=1S/C19H23NO4/c21-16-13-18(24-17-10-5-4-9-15(16)17)19(22)20-11-6-12-23-14-7-2-1-3-8-14/h4-5,9-10,13-14H,1-3,6-8,11-12H2,(H,20,22). The average molecular weight is 329 g/mol. The molecule has 0 aliphatic heterocycles. The molecule has 1 heterocycles. The van der Waals surface area contributed by atoms with Gasteiger partial charge in [-0.2, -0.15) is 0 Å². The van der Waals surface area contributed by atoms with Crippen LogP contribution in [0.1, 0.15) is 49.1 Å². The molecular weight excluding hydrogens is 306 g/mol. The summed E-state index contributed by atoms with van der Waals surface area (Å²) in [6.45, 7) is 1.15. The zero-order valence-electron chi connectivity index (χ0n) is 13.8. The number of para-hydroxylation sites is 1. The Kier molecular flexibility index (Phi) is 5.64. The molecule has 5 heteroatoms. The molecule has 0 atom stereocenters. The highest BCUT2D eigenvalue weighted by Crippen LogP contribution is 2.20. The third kappa shape index (κ3) is 4.23. The van der Waals surface area contributed by atoms with Gasteiger partial charge in [-0.3, -0.25) is 9.59 Å². The molecule has 1 aromatic carbocycles. The van der Waals surface area contributed by atoms with E-state index < -0.39 is 0 Å². The summed E-state index contributed by atoms with van der Waals surface area (Å²) in [5, 5.41) is 3.26. The molecule has 1 aliphatic carbocycles. The number of amides is 1. The third-order valence-corrected chi connectivity index (χ3v) is 4.37. The van der Waals surface area contributed by atoms with Crippen molar-refractivity contribution >= 4 is 16.9 Å². The SMILES string of the molecule is O=C(NCCCOC1CCCCC1)c1cc(=O)c2ccccc2o1. The van der Waals surface area contributed by atoms with Crippen molar-refractivity contribution in [2.75, 3.05) is 13.2 Å². The fraction of sp³-hybridized carbons (Fsp3) is 0.474. The smallest absolute Gasteiger partial charge is 0.287 e. The summed E-state index contributed by atoms with van der Waals surface area (Å²) in [6, 6.07) is 8.16. The van der Waals surface area contributed by atoms with E-state index in [9.17, 15) is 9.59 Å². The Balaban J connectivity index is 1.47. The Bertz CT molecular complexity index is 746. The van der Waals surface area contributed by atoms with Gasteiger partial charge in [0.1, 0.15) is 5.58 Å². The summed E-state index contributed by atoms with van der Waals surface area (Å²) in [6.07, 6.45) is 7.24. The van der Waals surface area contributed by atoms with E-state index in [0.717, 1.165) is 19.3 Å². The van der Waals surface area contributed by atoms with Crippen LogP contribution < -0.4 is 10.7 Å². The summed E-state index contributed by atoms with van der Waals surface area (Å²) >= 11 is 0. The number of hydrogen-bond donors (Lipinski definition) is 1. The van der Waals surface area contributed by atoms with Crippen LogP contribution in [0.4, 0.5) is 0 Å². The van der Waals surface area contributed by atoms with Crippen LogP contribution in [0.25, 0.3) is 11.0 Å². The Morgan fingerprint density at radius 3 is 2.83 bits per heavy atom. The zero-order chi connectivity index (χ0) is 16.8. The van der Waals surface area contributed by atoms with Crippen molar-refractivity contribution in [1.29, 1.82) is 0 Å². The van der Waals surface area contributed by atoms with Crippen LogP contribution in [0.5, 0.6) is 0 Å². The van der Waals surface area contributed by atoms with Crippen molar-refractivity contribution in [1.82, 2.24) is 5.32 Å². The molecule has 2 aromatic rings. The minimum Gasteiger partial charge on any atom is -0.451 e. The maximum Gasteiger partial charge on any atom is 0.287 e. The minimum absolute atomic E-state index is 0.0481. The maximum atomic E-state index is 12.1. The van der Waals surface area contributed by atoms with Gasteiger partial charge >= 0.3 is 0 Å². The van der Waals surface area contributed by atoms with Crippen LogP contribution >= 0.6 is 0 Å². The minimum atomic E-state index is -0.365. The number of hydrogen-bond acceptors (Lipinski definition) is 4. The van der Waals surface area contributed by atoms with Crippen LogP contribution in [0.3, 0.4) is 0 Å². The number of fused-ring (bicyclic) bond motifs is 1. The lowest BCUT2D eigenvalue weighted by molar-refractivity contribution is 0.0273. The molecule has 1 N–H and O–H groups in total. The first-order valence-corrected chi connectivity index (χ1v) is 8.67. The Morgan fingerprint density at radius 2 is 2.00 bits per heavy atom. The van der Waals surface area contributed by atoms with E-state index in [-0.39, 0.29) is 17.1 Å². The molecule has 0 radical (unpaired) electrons. The Morgan fingerprint density at radius 1 is 1.21 bits per heavy atom. The second-order valence-corrected chi connectivity index (χ2v) is 6.21. The van der Waals surface area contributed by atoms with Gasteiger partial charge in [0.25, 0.3) is 5.91 Å². The van der Waals surface area contributed by atoms with Gasteiger partial charge in [0.05, 0.1) is 11.5 Å². The molecule has 1 saturated carbocycles. The molecule has 5 nitrogen and oxygen atoms in total. The number of carbonyl (C=O) groups is 1. The van der Waals surface area contributed by atoms with Crippen LogP contribution in [-0.2, 0) is 4.74 Å². The molecule has 1 aliphatic rings. The molecule has 0 spiro atoms. The summed E-state index contributed by atoms with van der Waals surface area (Å²) in [7, 11) is 0. The van der Waals surface area contributed by atoms with E-state index in [2.05, 4.69) is 5.32 Å². The summed E-state index contributed by atoms with van der Waals surface area (Å²) in [5.74, 6) is -0.317. The molecule has 3 rings (SSSR count). The fourth-order valence-electron chi connectivity index (χ4n) is 3.06. The Hall–Kier alpha value is -2.14. The van der Waals surface area contributed by atoms with Crippen LogP contribution in [0.2, 0.25) is 0 Å². The second kappa shape index (κ2) is 8.11. The first-order chi connectivity index (χ1) is 11.7. The monoisotopic (exact) mass is 329 g/mol. The molecule has 1 fully saturated rings. The number of carbonyl (C=O) groups excluding carboxylic acids is 1. The van der Waals surface area contributed by atoms with Gasteiger partial charge in [-0.15, -0.1) is 0 Å². The highest BCUT2D eigenvalue weighted by atomic mass is 16.5. The van der Waals surface area contributed by atoms with Gasteiger partial charge in [-0.05, 0) is 31.4 Å². The summed E-state index contributed by atoms with van der Waals surface area (Å²) < 4.78 is 11.3. The first kappa shape index (κ1) is 16.7. The molecule has 0 saturated heterocycles. The van der Waals surface area contributed by atoms with Gasteiger partial charge in [-0.1, -0.05) is 31.4 Å². The number of nitrogens with one attached hydrogen (secondary N) is 1. The number of ether oxygens (including phenoxy) is 1. The summed E-state index contributed by atoms with van der Waals surface area (Å²) in [4.78, 5) is 24.1. The molecule has 1 amide bonds. The number of rotatable bonds is 6. The quantitative estimate of drug-likeness (QED) is 0.826. The molecule has 128 valence electrons. The van der Waals surface area contributed by atoms with Crippen LogP contribution in [-0.4, -0.2) is 25.2 Å². The van der Waals surface area contributed by atoms with Crippen molar-refractivity contribution in [2.24, 2.45) is 0 Å². The molecule has 0 unspecified atom stereocenters. The van der Waals surface area contributed by atoms with Gasteiger partial charge < -0.3 is 14.5 Å². The first-order valence-electron chi connectivity index (χ1n) is 8.67. The maximum absolute atomic E-state index is 12.1. The van der Waals surface area contributed by atoms with Gasteiger partial charge in [0.15, 0.2) is 11.2 Å². The second-order valence-electron chi connectivity index (χ2n) is 6.21. The topological polar surface area (TPSA) is 68.5 Å². The number of benzene rings is 1. The lowest BCUT2D eigenvalue weighted by Crippen LogP contribution is -2.27. The highest BCUT2D eigenvalue weighted by Gasteiger charge is 2.14. The van der Waals surface area contributed by atoms with Gasteiger partial charge in [0, 0.05) is 19.2 Å². The van der Waals surface area contributed by atoms with Crippen molar-refractivity contribution in [3.05, 3.63) is 46.3 Å². The predicted molar refractivity (Wildman–Crippen MR) is 92.3 cm³/mol. The Labute approximate surface area is 141 Å². The van der Waals surface area contributed by atoms with Crippen LogP contribution in [0.15, 0.2) is 39.5 Å². The van der Waals surface area contributed by atoms with Crippen molar-refractivity contribution in [3.8, 4) is 0 Å². The van der Waals surface area contributed by atoms with Crippen molar-refractivity contribution < 1.29 is 13.9 Å². The van der Waals surface area contributed by atoms with Gasteiger partial charge in [0.2, 0.25) is 0 Å². The van der Waals surface area contributed by atoms with Gasteiger partial charge in [-0.25, -0.2) is 0 Å². The normalized spacial score (nSPS) is 15.5. The third-order valence-electron chi connectivity index (χ3n) is 4.37. The van der Waals surface area contributed by atoms with Crippen molar-refractivity contribution in [3.63, 3.8) is 0 Å². The van der Waals surface area contributed by atoms with E-state index >= 15 is 0 Å². The van der Waals surface area contributed by atoms with Crippen LogP contribution in [0, 0.1) is 0 Å². The van der Waals surface area contributed by atoms with E-state index in [1.54, 1.807) is 24.3 Å². The van der Waals surface area contributed by atoms with Crippen molar-refractivity contribution in [2.45, 2.75) is 44.6 Å². The average Bonchev–Trinajstić information content (AvgIpc) is 2.62. The van der Waals surface area contributed by atoms with E-state index in [4.69, 9.17) is 9.15 Å². The van der Waals surface area contributed by atoms with E-state index in [1.807, 2.05) is 0 Å². The largest absolute Gasteiger partial charge is 0.451 e. The summed E-state index contributed by atoms with van der Waals surface area (Å²) in [5.41, 5.74) is 0.221. The van der Waals surface area contributed by atoms with E-state index in [0.29, 0.717) is 30.2 Å². The highest BCUT2D eigenvalue weighted by molar-refractivity contribution is 5.93. The van der Waals surface area contributed by atoms with E-state index in [1.165, 1.54) is 25.3 Å². The zero-order valence-corrected chi connectivity index (χ0v) is 13.8. The molecule has 0 bridgehead atoms. The molecule has 1 aromatic heterocycles. The molecule has 24 heavy (non-hydrogen) atoms. The fourth-order valence-corrected chi connectivity index (χ4v) is 3.06. The lowest BCUT2D eigenvalue weighted by atomic mass is 9.98. The lowest BCUT2D eigenvalue weighted by Gasteiger charge is -2.21.